The average molecular weight is 154 g/mol. The van der Waals surface area contributed by atoms with E-state index in [1.165, 1.54) is 0 Å². The van der Waals surface area contributed by atoms with Crippen LogP contribution in [0.4, 0.5) is 4.79 Å². The van der Waals surface area contributed by atoms with Gasteiger partial charge in [-0.2, -0.15) is 0 Å². The van der Waals surface area contributed by atoms with E-state index >= 15 is 0 Å². The highest BCUT2D eigenvalue weighted by Gasteiger charge is 2.33. The van der Waals surface area contributed by atoms with E-state index in [4.69, 9.17) is 0 Å². The van der Waals surface area contributed by atoms with Crippen molar-refractivity contribution in [2.75, 3.05) is 0 Å². The molecule has 1 atom stereocenters. The number of carbonyl (C=O) groups is 3. The van der Waals surface area contributed by atoms with Gasteiger partial charge in [-0.3, -0.25) is 14.9 Å². The third-order valence-corrected chi connectivity index (χ3v) is 1.26. The molecule has 0 bridgehead atoms. The van der Waals surface area contributed by atoms with Crippen molar-refractivity contribution in [2.45, 2.75) is 6.04 Å². The van der Waals surface area contributed by atoms with Gasteiger partial charge in [0.25, 0.3) is 5.91 Å². The Balaban J connectivity index is 2.75. The molecule has 11 heavy (non-hydrogen) atoms. The number of hydrogen-bond acceptors (Lipinski definition) is 3. The maximum Gasteiger partial charge on any atom is 0.322 e. The van der Waals surface area contributed by atoms with Gasteiger partial charge in [-0.1, -0.05) is 6.58 Å². The Morgan fingerprint density at radius 2 is 2.18 bits per heavy atom. The molecule has 0 radical (unpaired) electrons. The summed E-state index contributed by atoms with van der Waals surface area (Å²) in [5, 5.41) is 4.06. The molecule has 0 saturated carbocycles. The van der Waals surface area contributed by atoms with Crippen LogP contribution in [0.25, 0.3) is 0 Å². The largest absolute Gasteiger partial charge is 0.322 e. The van der Waals surface area contributed by atoms with E-state index in [0.29, 0.717) is 0 Å². The molecule has 1 unspecified atom stereocenters. The molecule has 58 valence electrons. The van der Waals surface area contributed by atoms with Crippen LogP contribution in [0.15, 0.2) is 12.7 Å². The number of ketones is 1. The van der Waals surface area contributed by atoms with Crippen molar-refractivity contribution in [3.8, 4) is 0 Å². The molecule has 0 aromatic heterocycles. The lowest BCUT2D eigenvalue weighted by Gasteiger charge is -1.98. The van der Waals surface area contributed by atoms with E-state index in [1.54, 1.807) is 0 Å². The standard InChI is InChI=1S/C6H6N2O3/c1-2-3(9)4-5(10)8-6(11)7-4/h2,4H,1H2,(H2,7,8,10,11). The Bertz CT molecular complexity index is 246. The fourth-order valence-electron chi connectivity index (χ4n) is 0.735. The molecule has 0 aromatic carbocycles. The number of nitrogens with one attached hydrogen (secondary N) is 2. The van der Waals surface area contributed by atoms with Gasteiger partial charge < -0.3 is 5.32 Å². The summed E-state index contributed by atoms with van der Waals surface area (Å²) in [6.07, 6.45) is 0.996. The molecule has 5 heteroatoms. The number of amides is 3. The second-order valence-corrected chi connectivity index (χ2v) is 2.00. The molecule has 1 saturated heterocycles. The zero-order valence-corrected chi connectivity index (χ0v) is 5.59. The van der Waals surface area contributed by atoms with Gasteiger partial charge in [0, 0.05) is 0 Å². The first-order chi connectivity index (χ1) is 5.15. The third kappa shape index (κ3) is 1.26. The zero-order chi connectivity index (χ0) is 8.43. The second kappa shape index (κ2) is 2.53. The predicted molar refractivity (Wildman–Crippen MR) is 35.7 cm³/mol. The van der Waals surface area contributed by atoms with Gasteiger partial charge in [0.1, 0.15) is 0 Å². The van der Waals surface area contributed by atoms with Gasteiger partial charge in [-0.25, -0.2) is 4.79 Å². The molecule has 0 spiro atoms. The van der Waals surface area contributed by atoms with Crippen LogP contribution in [-0.4, -0.2) is 23.8 Å². The molecule has 1 heterocycles. The third-order valence-electron chi connectivity index (χ3n) is 1.26. The first-order valence-electron chi connectivity index (χ1n) is 2.93. The summed E-state index contributed by atoms with van der Waals surface area (Å²) in [5.74, 6) is -1.13. The lowest BCUT2D eigenvalue weighted by atomic mass is 10.2. The van der Waals surface area contributed by atoms with E-state index in [0.717, 1.165) is 6.08 Å². The molecule has 1 aliphatic heterocycles. The van der Waals surface area contributed by atoms with Crippen LogP contribution in [0.2, 0.25) is 0 Å². The molecular formula is C6H6N2O3. The summed E-state index contributed by atoms with van der Waals surface area (Å²) in [6, 6.07) is -1.73. The average Bonchev–Trinajstić information content (AvgIpc) is 2.28. The highest BCUT2D eigenvalue weighted by Crippen LogP contribution is 1.94. The Morgan fingerprint density at radius 1 is 1.55 bits per heavy atom. The van der Waals surface area contributed by atoms with Gasteiger partial charge >= 0.3 is 6.03 Å². The van der Waals surface area contributed by atoms with Crippen molar-refractivity contribution >= 4 is 17.7 Å². The smallest absolute Gasteiger partial charge is 0.319 e. The Labute approximate surface area is 62.5 Å². The van der Waals surface area contributed by atoms with Gasteiger partial charge in [-0.15, -0.1) is 0 Å². The van der Waals surface area contributed by atoms with Crippen molar-refractivity contribution in [2.24, 2.45) is 0 Å². The lowest BCUT2D eigenvalue weighted by Crippen LogP contribution is -2.36. The van der Waals surface area contributed by atoms with E-state index in [1.807, 2.05) is 5.32 Å². The normalized spacial score (nSPS) is 22.4. The number of rotatable bonds is 2. The summed E-state index contributed by atoms with van der Waals surface area (Å²) in [7, 11) is 0. The molecule has 2 N–H and O–H groups in total. The van der Waals surface area contributed by atoms with Gasteiger partial charge in [0.15, 0.2) is 11.8 Å². The minimum atomic E-state index is -1.08. The van der Waals surface area contributed by atoms with E-state index < -0.39 is 23.8 Å². The van der Waals surface area contributed by atoms with Crippen LogP contribution in [0.5, 0.6) is 0 Å². The fourth-order valence-corrected chi connectivity index (χ4v) is 0.735. The van der Waals surface area contributed by atoms with E-state index in [-0.39, 0.29) is 0 Å². The molecule has 0 aromatic rings. The first kappa shape index (κ1) is 7.46. The number of hydrogen-bond donors (Lipinski definition) is 2. The second-order valence-electron chi connectivity index (χ2n) is 2.00. The monoisotopic (exact) mass is 154 g/mol. The molecular weight excluding hydrogens is 148 g/mol. The van der Waals surface area contributed by atoms with Crippen molar-refractivity contribution in [1.29, 1.82) is 0 Å². The van der Waals surface area contributed by atoms with Crippen LogP contribution >= 0.6 is 0 Å². The molecule has 1 rings (SSSR count). The topological polar surface area (TPSA) is 75.3 Å². The minimum absolute atomic E-state index is 0.506. The summed E-state index contributed by atoms with van der Waals surface area (Å²) in [6.45, 7) is 3.18. The molecule has 0 aliphatic carbocycles. The van der Waals surface area contributed by atoms with Crippen LogP contribution in [-0.2, 0) is 9.59 Å². The summed E-state index contributed by atoms with van der Waals surface area (Å²) in [5.41, 5.74) is 0. The van der Waals surface area contributed by atoms with E-state index in [2.05, 4.69) is 11.9 Å². The van der Waals surface area contributed by atoms with Crippen molar-refractivity contribution in [3.63, 3.8) is 0 Å². The van der Waals surface area contributed by atoms with E-state index in [9.17, 15) is 14.4 Å². The van der Waals surface area contributed by atoms with Crippen LogP contribution < -0.4 is 10.6 Å². The highest BCUT2D eigenvalue weighted by atomic mass is 16.2. The SMILES string of the molecule is C=CC(=O)C1NC(=O)NC1=O. The van der Waals surface area contributed by atoms with Gasteiger partial charge in [0.05, 0.1) is 0 Å². The minimum Gasteiger partial charge on any atom is -0.319 e. The summed E-state index contributed by atoms with van der Waals surface area (Å²) < 4.78 is 0. The fraction of sp³-hybridized carbons (Fsp3) is 0.167. The zero-order valence-electron chi connectivity index (χ0n) is 5.59. The summed E-state index contributed by atoms with van der Waals surface area (Å²) in [4.78, 5) is 32.0. The van der Waals surface area contributed by atoms with Gasteiger partial charge in [0.2, 0.25) is 0 Å². The maximum absolute atomic E-state index is 10.8. The van der Waals surface area contributed by atoms with Crippen molar-refractivity contribution < 1.29 is 14.4 Å². The molecule has 3 amide bonds. The Kier molecular flexibility index (Phi) is 1.72. The Hall–Kier alpha value is -1.65. The molecule has 1 fully saturated rings. The van der Waals surface area contributed by atoms with Crippen molar-refractivity contribution in [3.05, 3.63) is 12.7 Å². The number of imide groups is 1. The highest BCUT2D eigenvalue weighted by molar-refractivity contribution is 6.19. The lowest BCUT2D eigenvalue weighted by molar-refractivity contribution is -0.126. The van der Waals surface area contributed by atoms with Crippen molar-refractivity contribution in [1.82, 2.24) is 10.6 Å². The summed E-state index contributed by atoms with van der Waals surface area (Å²) >= 11 is 0. The maximum atomic E-state index is 10.8. The van der Waals surface area contributed by atoms with Crippen LogP contribution in [0.3, 0.4) is 0 Å². The number of urea groups is 1. The Morgan fingerprint density at radius 3 is 2.55 bits per heavy atom. The first-order valence-corrected chi connectivity index (χ1v) is 2.93. The predicted octanol–water partition coefficient (Wildman–Crippen LogP) is -1.05. The van der Waals surface area contributed by atoms with Crippen LogP contribution in [0, 0.1) is 0 Å². The van der Waals surface area contributed by atoms with Gasteiger partial charge in [-0.05, 0) is 6.08 Å². The molecule has 1 aliphatic rings. The quantitative estimate of drug-likeness (QED) is 0.302. The molecule has 5 nitrogen and oxygen atoms in total. The number of carbonyl (C=O) groups excluding carboxylic acids is 3. The van der Waals surface area contributed by atoms with Crippen LogP contribution in [0.1, 0.15) is 0 Å².